The fraction of sp³-hybridized carbons (Fsp3) is 0.429. The van der Waals surface area contributed by atoms with Crippen LogP contribution in [0.5, 0.6) is 5.75 Å². The molecule has 1 aliphatic rings. The predicted molar refractivity (Wildman–Crippen MR) is 104 cm³/mol. The molecule has 1 aliphatic heterocycles. The minimum atomic E-state index is -0.546. The van der Waals surface area contributed by atoms with Gasteiger partial charge in [-0.1, -0.05) is 25.1 Å². The van der Waals surface area contributed by atoms with E-state index in [1.54, 1.807) is 0 Å². The highest BCUT2D eigenvalue weighted by Gasteiger charge is 2.31. The fourth-order valence-electron chi connectivity index (χ4n) is 3.76. The number of aryl methyl sites for hydroxylation is 1. The lowest BCUT2D eigenvalue weighted by atomic mass is 10.2. The van der Waals surface area contributed by atoms with E-state index in [-0.39, 0.29) is 12.6 Å². The summed E-state index contributed by atoms with van der Waals surface area (Å²) >= 11 is 0. The van der Waals surface area contributed by atoms with Crippen molar-refractivity contribution in [2.45, 2.75) is 38.3 Å². The molecular formula is C21H26N4O2. The van der Waals surface area contributed by atoms with Crippen molar-refractivity contribution >= 4 is 5.65 Å². The molecule has 0 amide bonds. The standard InChI is InChI=1S/C21H26N4O2/c1-2-16-8-10-18(11-9-16)27-15-17(26)14-24-12-5-6-19(24)21-23-22-20-7-3-4-13-25(20)21/h3-4,7-11,13,17,19,26H,2,5-6,12,14-15H2,1H3/t17-,19-/m1/s1. The molecule has 1 fully saturated rings. The minimum Gasteiger partial charge on any atom is -0.491 e. The van der Waals surface area contributed by atoms with Gasteiger partial charge >= 0.3 is 0 Å². The maximum atomic E-state index is 10.5. The molecule has 0 saturated carbocycles. The van der Waals surface area contributed by atoms with Gasteiger partial charge in [0.1, 0.15) is 18.5 Å². The monoisotopic (exact) mass is 366 g/mol. The zero-order valence-electron chi connectivity index (χ0n) is 15.7. The largest absolute Gasteiger partial charge is 0.491 e. The van der Waals surface area contributed by atoms with Crippen molar-refractivity contribution in [1.82, 2.24) is 19.5 Å². The van der Waals surface area contributed by atoms with Crippen LogP contribution in [0.4, 0.5) is 0 Å². The van der Waals surface area contributed by atoms with Crippen LogP contribution >= 0.6 is 0 Å². The Morgan fingerprint density at radius 1 is 1.19 bits per heavy atom. The zero-order valence-corrected chi connectivity index (χ0v) is 15.7. The van der Waals surface area contributed by atoms with Gasteiger partial charge in [-0.3, -0.25) is 9.30 Å². The zero-order chi connectivity index (χ0) is 18.6. The van der Waals surface area contributed by atoms with Crippen molar-refractivity contribution in [3.8, 4) is 5.75 Å². The molecule has 2 atom stereocenters. The summed E-state index contributed by atoms with van der Waals surface area (Å²) in [5.41, 5.74) is 2.14. The third-order valence-corrected chi connectivity index (χ3v) is 5.22. The van der Waals surface area contributed by atoms with E-state index in [9.17, 15) is 5.11 Å². The van der Waals surface area contributed by atoms with E-state index in [1.807, 2.05) is 40.9 Å². The lowest BCUT2D eigenvalue weighted by molar-refractivity contribution is 0.0625. The molecule has 1 N–H and O–H groups in total. The highest BCUT2D eigenvalue weighted by atomic mass is 16.5. The number of pyridine rings is 1. The minimum absolute atomic E-state index is 0.181. The summed E-state index contributed by atoms with van der Waals surface area (Å²) in [6.45, 7) is 3.94. The number of rotatable bonds is 7. The number of likely N-dealkylation sites (tertiary alicyclic amines) is 1. The summed E-state index contributed by atoms with van der Waals surface area (Å²) in [4.78, 5) is 2.29. The number of aliphatic hydroxyl groups is 1. The van der Waals surface area contributed by atoms with Crippen molar-refractivity contribution < 1.29 is 9.84 Å². The first-order valence-corrected chi connectivity index (χ1v) is 9.68. The summed E-state index contributed by atoms with van der Waals surface area (Å²) in [5.74, 6) is 1.75. The SMILES string of the molecule is CCc1ccc(OC[C@H](O)CN2CCC[C@@H]2c2nnc3ccccn23)cc1. The van der Waals surface area contributed by atoms with Crippen molar-refractivity contribution in [3.63, 3.8) is 0 Å². The smallest absolute Gasteiger partial charge is 0.160 e. The van der Waals surface area contributed by atoms with Crippen molar-refractivity contribution in [1.29, 1.82) is 0 Å². The number of aromatic nitrogens is 3. The summed E-state index contributed by atoms with van der Waals surface area (Å²) in [6, 6.07) is 14.2. The number of nitrogens with zero attached hydrogens (tertiary/aromatic N) is 4. The number of hydrogen-bond acceptors (Lipinski definition) is 5. The lowest BCUT2D eigenvalue weighted by Crippen LogP contribution is -2.35. The van der Waals surface area contributed by atoms with Crippen LogP contribution in [0.25, 0.3) is 5.65 Å². The molecule has 0 bridgehead atoms. The van der Waals surface area contributed by atoms with Crippen LogP contribution in [0.2, 0.25) is 0 Å². The van der Waals surface area contributed by atoms with Crippen LogP contribution in [0.3, 0.4) is 0 Å². The van der Waals surface area contributed by atoms with Crippen LogP contribution in [-0.2, 0) is 6.42 Å². The van der Waals surface area contributed by atoms with Gasteiger partial charge in [0.15, 0.2) is 11.5 Å². The first-order chi connectivity index (χ1) is 13.2. The Balaban J connectivity index is 1.37. The van der Waals surface area contributed by atoms with E-state index in [2.05, 4.69) is 34.2 Å². The second kappa shape index (κ2) is 8.06. The third-order valence-electron chi connectivity index (χ3n) is 5.22. The number of ether oxygens (including phenoxy) is 1. The Morgan fingerprint density at radius 2 is 2.04 bits per heavy atom. The molecule has 0 unspecified atom stereocenters. The molecule has 3 heterocycles. The molecule has 6 heteroatoms. The van der Waals surface area contributed by atoms with E-state index in [0.29, 0.717) is 6.54 Å². The molecule has 0 radical (unpaired) electrons. The van der Waals surface area contributed by atoms with Crippen molar-refractivity contribution in [2.75, 3.05) is 19.7 Å². The van der Waals surface area contributed by atoms with Crippen LogP contribution in [-0.4, -0.2) is 50.4 Å². The topological polar surface area (TPSA) is 62.9 Å². The molecule has 2 aromatic heterocycles. The Labute approximate surface area is 159 Å². The normalized spacial score (nSPS) is 18.8. The Kier molecular flexibility index (Phi) is 5.36. The van der Waals surface area contributed by atoms with Crippen LogP contribution < -0.4 is 4.74 Å². The summed E-state index contributed by atoms with van der Waals surface area (Å²) in [7, 11) is 0. The maximum Gasteiger partial charge on any atom is 0.160 e. The molecule has 142 valence electrons. The quantitative estimate of drug-likeness (QED) is 0.697. The average molecular weight is 366 g/mol. The van der Waals surface area contributed by atoms with E-state index in [0.717, 1.165) is 43.0 Å². The Hall–Kier alpha value is -2.44. The van der Waals surface area contributed by atoms with Crippen LogP contribution in [0, 0.1) is 0 Å². The van der Waals surface area contributed by atoms with E-state index < -0.39 is 6.10 Å². The maximum absolute atomic E-state index is 10.5. The van der Waals surface area contributed by atoms with Crippen molar-refractivity contribution in [2.24, 2.45) is 0 Å². The summed E-state index contributed by atoms with van der Waals surface area (Å²) in [5, 5.41) is 19.2. The highest BCUT2D eigenvalue weighted by molar-refractivity contribution is 5.37. The number of fused-ring (bicyclic) bond motifs is 1. The fourth-order valence-corrected chi connectivity index (χ4v) is 3.76. The number of aliphatic hydroxyl groups excluding tert-OH is 1. The van der Waals surface area contributed by atoms with Gasteiger partial charge < -0.3 is 9.84 Å². The first-order valence-electron chi connectivity index (χ1n) is 9.68. The van der Waals surface area contributed by atoms with E-state index >= 15 is 0 Å². The summed E-state index contributed by atoms with van der Waals surface area (Å²) in [6.07, 6.45) is 4.59. The third kappa shape index (κ3) is 3.96. The van der Waals surface area contributed by atoms with Gasteiger partial charge in [-0.15, -0.1) is 10.2 Å². The van der Waals surface area contributed by atoms with Gasteiger partial charge in [0.2, 0.25) is 0 Å². The predicted octanol–water partition coefficient (Wildman–Crippen LogP) is 2.87. The van der Waals surface area contributed by atoms with Gasteiger partial charge in [-0.2, -0.15) is 0 Å². The van der Waals surface area contributed by atoms with Gasteiger partial charge in [0.25, 0.3) is 0 Å². The van der Waals surface area contributed by atoms with Gasteiger partial charge in [0, 0.05) is 12.7 Å². The molecular weight excluding hydrogens is 340 g/mol. The molecule has 4 rings (SSSR count). The van der Waals surface area contributed by atoms with Crippen LogP contribution in [0.1, 0.15) is 37.2 Å². The number of hydrogen-bond donors (Lipinski definition) is 1. The second-order valence-corrected chi connectivity index (χ2v) is 7.10. The molecule has 3 aromatic rings. The average Bonchev–Trinajstić information content (AvgIpc) is 3.33. The first kappa shape index (κ1) is 17.9. The summed E-state index contributed by atoms with van der Waals surface area (Å²) < 4.78 is 7.81. The highest BCUT2D eigenvalue weighted by Crippen LogP contribution is 2.31. The molecule has 1 aromatic carbocycles. The van der Waals surface area contributed by atoms with Crippen LogP contribution in [0.15, 0.2) is 48.7 Å². The Morgan fingerprint density at radius 3 is 2.85 bits per heavy atom. The van der Waals surface area contributed by atoms with Gasteiger partial charge in [0.05, 0.1) is 6.04 Å². The van der Waals surface area contributed by atoms with Gasteiger partial charge in [-0.25, -0.2) is 0 Å². The lowest BCUT2D eigenvalue weighted by Gasteiger charge is -2.25. The number of β-amino-alcohol motifs (C(OH)–C–C–N with tert-alkyl or cyclic N) is 1. The molecule has 6 nitrogen and oxygen atoms in total. The second-order valence-electron chi connectivity index (χ2n) is 7.10. The number of benzene rings is 1. The Bertz CT molecular complexity index is 877. The van der Waals surface area contributed by atoms with Crippen molar-refractivity contribution in [3.05, 3.63) is 60.0 Å². The van der Waals surface area contributed by atoms with E-state index in [1.165, 1.54) is 5.56 Å². The molecule has 27 heavy (non-hydrogen) atoms. The molecule has 0 spiro atoms. The van der Waals surface area contributed by atoms with E-state index in [4.69, 9.17) is 4.74 Å². The van der Waals surface area contributed by atoms with Gasteiger partial charge in [-0.05, 0) is 55.6 Å². The molecule has 0 aliphatic carbocycles. The molecule has 1 saturated heterocycles.